The summed E-state index contributed by atoms with van der Waals surface area (Å²) < 4.78 is 0. The Morgan fingerprint density at radius 1 is 1.22 bits per heavy atom. The van der Waals surface area contributed by atoms with E-state index < -0.39 is 0 Å². The number of nitrogens with zero attached hydrogens (tertiary/aromatic N) is 1. The van der Waals surface area contributed by atoms with Gasteiger partial charge in [-0.25, -0.2) is 0 Å². The van der Waals surface area contributed by atoms with Gasteiger partial charge in [0.1, 0.15) is 0 Å². The van der Waals surface area contributed by atoms with Gasteiger partial charge in [-0.15, -0.1) is 0 Å². The Labute approximate surface area is 111 Å². The second kappa shape index (κ2) is 8.11. The van der Waals surface area contributed by atoms with Gasteiger partial charge in [0.2, 0.25) is 0 Å². The molecule has 3 heteroatoms. The largest absolute Gasteiger partial charge is 0.395 e. The zero-order valence-corrected chi connectivity index (χ0v) is 11.8. The number of para-hydroxylation sites is 1. The van der Waals surface area contributed by atoms with Gasteiger partial charge in [0, 0.05) is 24.8 Å². The highest BCUT2D eigenvalue weighted by Crippen LogP contribution is 2.26. The Morgan fingerprint density at radius 2 is 1.94 bits per heavy atom. The highest BCUT2D eigenvalue weighted by atomic mass is 16.3. The van der Waals surface area contributed by atoms with E-state index in [0.717, 1.165) is 19.5 Å². The van der Waals surface area contributed by atoms with Crippen molar-refractivity contribution in [1.29, 1.82) is 0 Å². The van der Waals surface area contributed by atoms with Crippen molar-refractivity contribution in [2.24, 2.45) is 0 Å². The van der Waals surface area contributed by atoms with E-state index in [2.05, 4.69) is 55.3 Å². The average molecular weight is 250 g/mol. The summed E-state index contributed by atoms with van der Waals surface area (Å²) in [5.41, 5.74) is 2.54. The van der Waals surface area contributed by atoms with Crippen molar-refractivity contribution >= 4 is 5.69 Å². The minimum atomic E-state index is 0.198. The molecule has 2 N–H and O–H groups in total. The second-order valence-corrected chi connectivity index (χ2v) is 4.55. The van der Waals surface area contributed by atoms with E-state index in [4.69, 9.17) is 0 Å². The van der Waals surface area contributed by atoms with Gasteiger partial charge in [-0.05, 0) is 31.5 Å². The molecular weight excluding hydrogens is 224 g/mol. The highest BCUT2D eigenvalue weighted by Gasteiger charge is 2.13. The summed E-state index contributed by atoms with van der Waals surface area (Å²) in [4.78, 5) is 2.27. The molecule has 0 spiro atoms. The molecule has 18 heavy (non-hydrogen) atoms. The fourth-order valence-electron chi connectivity index (χ4n) is 2.30. The molecule has 1 aromatic carbocycles. The Balaban J connectivity index is 2.97. The van der Waals surface area contributed by atoms with Crippen LogP contribution in [0, 0.1) is 0 Å². The molecule has 0 aliphatic carbocycles. The first-order valence-electron chi connectivity index (χ1n) is 6.92. The molecule has 0 radical (unpaired) electrons. The quantitative estimate of drug-likeness (QED) is 0.744. The van der Waals surface area contributed by atoms with E-state index in [1.165, 1.54) is 11.3 Å². The van der Waals surface area contributed by atoms with Crippen molar-refractivity contribution < 1.29 is 5.11 Å². The van der Waals surface area contributed by atoms with Gasteiger partial charge in [-0.2, -0.15) is 0 Å². The minimum Gasteiger partial charge on any atom is -0.395 e. The molecule has 3 nitrogen and oxygen atoms in total. The molecule has 0 saturated carbocycles. The Morgan fingerprint density at radius 3 is 2.56 bits per heavy atom. The normalized spacial score (nSPS) is 12.4. The molecule has 1 unspecified atom stereocenters. The third-order valence-corrected chi connectivity index (χ3v) is 3.12. The van der Waals surface area contributed by atoms with E-state index in [9.17, 15) is 5.11 Å². The van der Waals surface area contributed by atoms with Crippen molar-refractivity contribution in [3.05, 3.63) is 29.8 Å². The number of rotatable bonds is 8. The summed E-state index contributed by atoms with van der Waals surface area (Å²) in [5.74, 6) is 0. The van der Waals surface area contributed by atoms with E-state index in [1.54, 1.807) is 0 Å². The van der Waals surface area contributed by atoms with Crippen LogP contribution in [0.15, 0.2) is 24.3 Å². The lowest BCUT2D eigenvalue weighted by Crippen LogP contribution is -2.30. The zero-order valence-electron chi connectivity index (χ0n) is 11.8. The molecule has 0 aliphatic heterocycles. The lowest BCUT2D eigenvalue weighted by atomic mass is 10.0. The molecule has 0 heterocycles. The summed E-state index contributed by atoms with van der Waals surface area (Å²) in [6, 6.07) is 8.80. The van der Waals surface area contributed by atoms with E-state index in [1.807, 2.05) is 0 Å². The van der Waals surface area contributed by atoms with Crippen LogP contribution in [0.3, 0.4) is 0 Å². The first-order valence-corrected chi connectivity index (χ1v) is 6.92. The average Bonchev–Trinajstić information content (AvgIpc) is 2.39. The first kappa shape index (κ1) is 15.0. The maximum Gasteiger partial charge on any atom is 0.0606 e. The van der Waals surface area contributed by atoms with Crippen LogP contribution >= 0.6 is 0 Å². The van der Waals surface area contributed by atoms with Crippen molar-refractivity contribution in [1.82, 2.24) is 5.32 Å². The second-order valence-electron chi connectivity index (χ2n) is 4.55. The van der Waals surface area contributed by atoms with Crippen molar-refractivity contribution in [2.75, 3.05) is 31.1 Å². The lowest BCUT2D eigenvalue weighted by Gasteiger charge is -2.28. The zero-order chi connectivity index (χ0) is 13.4. The highest BCUT2D eigenvalue weighted by molar-refractivity contribution is 5.55. The van der Waals surface area contributed by atoms with E-state index in [0.29, 0.717) is 12.6 Å². The maximum atomic E-state index is 9.20. The number of aliphatic hydroxyl groups excluding tert-OH is 1. The summed E-state index contributed by atoms with van der Waals surface area (Å²) in [6.07, 6.45) is 1.09. The minimum absolute atomic E-state index is 0.198. The summed E-state index contributed by atoms with van der Waals surface area (Å²) in [6.45, 7) is 9.32. The van der Waals surface area contributed by atoms with Crippen LogP contribution in [0.4, 0.5) is 5.69 Å². The molecule has 1 atom stereocenters. The van der Waals surface area contributed by atoms with Gasteiger partial charge >= 0.3 is 0 Å². The van der Waals surface area contributed by atoms with Crippen molar-refractivity contribution in [3.63, 3.8) is 0 Å². The van der Waals surface area contributed by atoms with Gasteiger partial charge in [0.05, 0.1) is 6.61 Å². The first-order chi connectivity index (χ1) is 8.74. The van der Waals surface area contributed by atoms with Crippen molar-refractivity contribution in [2.45, 2.75) is 33.2 Å². The topological polar surface area (TPSA) is 35.5 Å². The summed E-state index contributed by atoms with van der Waals surface area (Å²) in [7, 11) is 0. The monoisotopic (exact) mass is 250 g/mol. The third-order valence-electron chi connectivity index (χ3n) is 3.12. The number of nitrogens with one attached hydrogen (secondary N) is 1. The number of benzene rings is 1. The van der Waals surface area contributed by atoms with Gasteiger partial charge < -0.3 is 15.3 Å². The lowest BCUT2D eigenvalue weighted by molar-refractivity contribution is 0.301. The Hall–Kier alpha value is -1.06. The molecular formula is C15H26N2O. The summed E-state index contributed by atoms with van der Waals surface area (Å²) >= 11 is 0. The fourth-order valence-corrected chi connectivity index (χ4v) is 2.30. The van der Waals surface area contributed by atoms with Gasteiger partial charge in [-0.1, -0.05) is 32.0 Å². The molecule has 0 fully saturated rings. The number of hydrogen-bond acceptors (Lipinski definition) is 3. The van der Waals surface area contributed by atoms with Crippen LogP contribution in [0.1, 0.15) is 38.8 Å². The molecule has 0 saturated heterocycles. The maximum absolute atomic E-state index is 9.20. The Bertz CT molecular complexity index is 335. The smallest absolute Gasteiger partial charge is 0.0606 e. The van der Waals surface area contributed by atoms with Crippen LogP contribution in [0.2, 0.25) is 0 Å². The molecule has 102 valence electrons. The Kier molecular flexibility index (Phi) is 6.76. The van der Waals surface area contributed by atoms with Gasteiger partial charge in [0.25, 0.3) is 0 Å². The predicted octanol–water partition coefficient (Wildman–Crippen LogP) is 2.57. The molecule has 0 aromatic heterocycles. The molecule has 1 rings (SSSR count). The van der Waals surface area contributed by atoms with E-state index in [-0.39, 0.29) is 6.61 Å². The molecule has 1 aromatic rings. The van der Waals surface area contributed by atoms with Crippen LogP contribution in [-0.4, -0.2) is 31.3 Å². The van der Waals surface area contributed by atoms with Crippen LogP contribution in [0.5, 0.6) is 0 Å². The third kappa shape index (κ3) is 4.00. The van der Waals surface area contributed by atoms with Crippen molar-refractivity contribution in [3.8, 4) is 0 Å². The standard InChI is InChI=1S/C15H26N2O/c1-4-10-17(11-12-18)15-9-7-6-8-14(15)13(3)16-5-2/h6-9,13,16,18H,4-5,10-12H2,1-3H3. The molecule has 0 amide bonds. The fraction of sp³-hybridized carbons (Fsp3) is 0.600. The summed E-state index contributed by atoms with van der Waals surface area (Å²) in [5, 5.41) is 12.7. The predicted molar refractivity (Wildman–Crippen MR) is 78.1 cm³/mol. The van der Waals surface area contributed by atoms with Crippen LogP contribution < -0.4 is 10.2 Å². The van der Waals surface area contributed by atoms with Gasteiger partial charge in [0.15, 0.2) is 0 Å². The van der Waals surface area contributed by atoms with Crippen LogP contribution in [0.25, 0.3) is 0 Å². The van der Waals surface area contributed by atoms with Gasteiger partial charge in [-0.3, -0.25) is 0 Å². The number of anilines is 1. The number of aliphatic hydroxyl groups is 1. The molecule has 0 bridgehead atoms. The number of hydrogen-bond donors (Lipinski definition) is 2. The molecule has 0 aliphatic rings. The van der Waals surface area contributed by atoms with E-state index >= 15 is 0 Å². The SMILES string of the molecule is CCCN(CCO)c1ccccc1C(C)NCC. The van der Waals surface area contributed by atoms with Crippen LogP contribution in [-0.2, 0) is 0 Å².